The number of hydrogen-bond donors (Lipinski definition) is 2. The number of H-pyrrole nitrogens is 1. The van der Waals surface area contributed by atoms with E-state index in [2.05, 4.69) is 20.4 Å². The maximum absolute atomic E-state index is 14.0. The summed E-state index contributed by atoms with van der Waals surface area (Å²) < 4.78 is 2.87. The summed E-state index contributed by atoms with van der Waals surface area (Å²) in [7, 11) is 0. The largest absolute Gasteiger partial charge is 0.362 e. The lowest BCUT2D eigenvalue weighted by Gasteiger charge is -2.36. The lowest BCUT2D eigenvalue weighted by atomic mass is 10.2. The zero-order valence-corrected chi connectivity index (χ0v) is 26.0. The van der Waals surface area contributed by atoms with E-state index in [0.717, 1.165) is 0 Å². The molecule has 238 valence electrons. The first-order valence-electron chi connectivity index (χ1n) is 14.7. The molecule has 2 aliphatic heterocycles. The van der Waals surface area contributed by atoms with Crippen LogP contribution >= 0.6 is 11.6 Å². The predicted molar refractivity (Wildman–Crippen MR) is 168 cm³/mol. The second-order valence-electron chi connectivity index (χ2n) is 11.0. The first-order chi connectivity index (χ1) is 22.1. The summed E-state index contributed by atoms with van der Waals surface area (Å²) >= 11 is 5.99. The molecule has 2 saturated heterocycles. The number of carbonyl (C=O) groups excluding carboxylic acids is 3. The van der Waals surface area contributed by atoms with Crippen molar-refractivity contribution in [2.45, 2.75) is 20.4 Å². The van der Waals surface area contributed by atoms with Gasteiger partial charge in [-0.15, -0.1) is 5.10 Å². The number of imidazole rings is 1. The van der Waals surface area contributed by atoms with Crippen molar-refractivity contribution in [3.63, 3.8) is 0 Å². The molecule has 0 unspecified atom stereocenters. The Labute approximate surface area is 267 Å². The lowest BCUT2D eigenvalue weighted by Crippen LogP contribution is -2.51. The quantitative estimate of drug-likeness (QED) is 0.303. The van der Waals surface area contributed by atoms with Crippen molar-refractivity contribution in [1.82, 2.24) is 38.9 Å². The van der Waals surface area contributed by atoms with E-state index in [4.69, 9.17) is 16.6 Å². The fourth-order valence-corrected chi connectivity index (χ4v) is 5.88. The second kappa shape index (κ2) is 12.5. The van der Waals surface area contributed by atoms with Crippen LogP contribution in [0, 0.1) is 18.3 Å². The van der Waals surface area contributed by atoms with Crippen LogP contribution in [0.4, 0.5) is 17.3 Å². The molecular formula is C29H31ClN12O4. The van der Waals surface area contributed by atoms with Crippen LogP contribution in [-0.2, 0) is 16.1 Å². The Balaban J connectivity index is 1.31. The summed E-state index contributed by atoms with van der Waals surface area (Å²) in [6.45, 7) is 6.36. The van der Waals surface area contributed by atoms with Crippen molar-refractivity contribution in [3.8, 4) is 6.07 Å². The van der Waals surface area contributed by atoms with Gasteiger partial charge >= 0.3 is 0 Å². The van der Waals surface area contributed by atoms with Gasteiger partial charge in [-0.1, -0.05) is 11.6 Å². The van der Waals surface area contributed by atoms with Gasteiger partial charge in [0.05, 0.1) is 6.33 Å². The Hall–Kier alpha value is -5.43. The van der Waals surface area contributed by atoms with Gasteiger partial charge in [0, 0.05) is 75.7 Å². The van der Waals surface area contributed by atoms with E-state index < -0.39 is 5.56 Å². The average molecular weight is 647 g/mol. The molecule has 1 aromatic carbocycles. The summed E-state index contributed by atoms with van der Waals surface area (Å²) in [6.07, 6.45) is 1.31. The van der Waals surface area contributed by atoms with Gasteiger partial charge in [0.25, 0.3) is 11.5 Å². The highest BCUT2D eigenvalue weighted by Gasteiger charge is 2.30. The smallest absolute Gasteiger partial charge is 0.299 e. The fourth-order valence-electron chi connectivity index (χ4n) is 5.76. The van der Waals surface area contributed by atoms with Crippen molar-refractivity contribution < 1.29 is 14.4 Å². The van der Waals surface area contributed by atoms with E-state index in [-0.39, 0.29) is 41.4 Å². The zero-order chi connectivity index (χ0) is 32.5. The van der Waals surface area contributed by atoms with Gasteiger partial charge in [-0.2, -0.15) is 14.8 Å². The molecule has 2 fully saturated rings. The number of nitrogens with zero attached hydrogens (tertiary/aromatic N) is 10. The highest BCUT2D eigenvalue weighted by atomic mass is 35.5. The van der Waals surface area contributed by atoms with Crippen LogP contribution in [0.25, 0.3) is 5.78 Å². The van der Waals surface area contributed by atoms with Crippen LogP contribution in [0.3, 0.4) is 0 Å². The monoisotopic (exact) mass is 646 g/mol. The topological polar surface area (TPSA) is 181 Å². The molecule has 0 radical (unpaired) electrons. The van der Waals surface area contributed by atoms with Gasteiger partial charge < -0.3 is 34.5 Å². The third kappa shape index (κ3) is 5.84. The maximum atomic E-state index is 14.0. The zero-order valence-electron chi connectivity index (χ0n) is 25.2. The van der Waals surface area contributed by atoms with Crippen LogP contribution in [-0.4, -0.2) is 109 Å². The van der Waals surface area contributed by atoms with Crippen molar-refractivity contribution in [3.05, 3.63) is 63.1 Å². The number of nitrogens with one attached hydrogen (secondary N) is 2. The molecule has 0 saturated carbocycles. The average Bonchev–Trinajstić information content (AvgIpc) is 3.73. The molecule has 5 heterocycles. The first-order valence-corrected chi connectivity index (χ1v) is 15.1. The normalized spacial score (nSPS) is 15.3. The number of anilines is 3. The standard InChI is InChI=1S/C29H31ClN12O4/c1-18-25(38-9-11-39(12-10-38)26(45)24-22(15-31)32-17-33-24)27(46)42-29(35-28(36-42)40-13-7-37(8-14-40)19(2)43)41(18)16-23(44)34-21-5-3-20(30)4-6-21/h3-6,17H,7-14,16H2,1-2H3,(H,32,33)(H,34,44). The number of halogens is 1. The van der Waals surface area contributed by atoms with E-state index in [0.29, 0.717) is 80.4 Å². The minimum Gasteiger partial charge on any atom is -0.362 e. The Morgan fingerprint density at radius 1 is 1.00 bits per heavy atom. The van der Waals surface area contributed by atoms with E-state index >= 15 is 0 Å². The Morgan fingerprint density at radius 2 is 1.65 bits per heavy atom. The number of benzene rings is 1. The van der Waals surface area contributed by atoms with Crippen LogP contribution in [0.1, 0.15) is 28.8 Å². The fraction of sp³-hybridized carbons (Fsp3) is 0.379. The number of aromatic nitrogens is 6. The molecule has 0 atom stereocenters. The number of piperazine rings is 2. The molecule has 3 amide bonds. The van der Waals surface area contributed by atoms with Gasteiger partial charge in [0.1, 0.15) is 24.0 Å². The Morgan fingerprint density at radius 3 is 2.30 bits per heavy atom. The molecular weight excluding hydrogens is 616 g/mol. The molecule has 4 aromatic rings. The van der Waals surface area contributed by atoms with Crippen LogP contribution in [0.5, 0.6) is 0 Å². The molecule has 17 heteroatoms. The molecule has 3 aromatic heterocycles. The Kier molecular flexibility index (Phi) is 8.33. The van der Waals surface area contributed by atoms with Crippen molar-refractivity contribution >= 4 is 52.4 Å². The van der Waals surface area contributed by atoms with Gasteiger partial charge in [-0.25, -0.2) is 4.98 Å². The highest BCUT2D eigenvalue weighted by Crippen LogP contribution is 2.23. The summed E-state index contributed by atoms with van der Waals surface area (Å²) in [6, 6.07) is 8.65. The van der Waals surface area contributed by atoms with Gasteiger partial charge in [-0.3, -0.25) is 19.2 Å². The first kappa shape index (κ1) is 30.6. The van der Waals surface area contributed by atoms with E-state index in [1.165, 1.54) is 17.8 Å². The van der Waals surface area contributed by atoms with Gasteiger partial charge in [0.15, 0.2) is 5.69 Å². The number of hydrogen-bond acceptors (Lipinski definition) is 10. The highest BCUT2D eigenvalue weighted by molar-refractivity contribution is 6.30. The predicted octanol–water partition coefficient (Wildman–Crippen LogP) is 0.717. The molecule has 16 nitrogen and oxygen atoms in total. The molecule has 2 aliphatic rings. The van der Waals surface area contributed by atoms with Crippen LogP contribution in [0.2, 0.25) is 5.02 Å². The summed E-state index contributed by atoms with van der Waals surface area (Å²) in [5, 5.41) is 17.3. The number of aromatic amines is 1. The Bertz CT molecular complexity index is 1910. The number of amides is 3. The molecule has 0 aliphatic carbocycles. The number of carbonyl (C=O) groups is 3. The molecule has 6 rings (SSSR count). The van der Waals surface area contributed by atoms with E-state index in [9.17, 15) is 24.4 Å². The number of rotatable bonds is 6. The minimum absolute atomic E-state index is 0.00821. The number of nitriles is 1. The SMILES string of the molecule is CC(=O)N1CCN(c2nc3n(CC(=O)Nc4ccc(Cl)cc4)c(C)c(N4CCN(C(=O)c5[nH]cnc5C#N)CC4)c(=O)n3n2)CC1. The molecule has 0 bridgehead atoms. The minimum atomic E-state index is -0.400. The summed E-state index contributed by atoms with van der Waals surface area (Å²) in [5.74, 6) is -0.163. The molecule has 46 heavy (non-hydrogen) atoms. The van der Waals surface area contributed by atoms with Gasteiger partial charge in [0.2, 0.25) is 23.5 Å². The third-order valence-corrected chi connectivity index (χ3v) is 8.49. The third-order valence-electron chi connectivity index (χ3n) is 8.24. The van der Waals surface area contributed by atoms with Crippen molar-refractivity contribution in [2.75, 3.05) is 67.5 Å². The summed E-state index contributed by atoms with van der Waals surface area (Å²) in [5.41, 5.74) is 1.18. The van der Waals surface area contributed by atoms with Crippen LogP contribution < -0.4 is 20.7 Å². The van der Waals surface area contributed by atoms with Crippen molar-refractivity contribution in [2.24, 2.45) is 0 Å². The molecule has 0 spiro atoms. The lowest BCUT2D eigenvalue weighted by molar-refractivity contribution is -0.129. The van der Waals surface area contributed by atoms with E-state index in [1.54, 1.807) is 45.6 Å². The van der Waals surface area contributed by atoms with Crippen molar-refractivity contribution in [1.29, 1.82) is 5.26 Å². The second-order valence-corrected chi connectivity index (χ2v) is 11.5. The van der Waals surface area contributed by atoms with E-state index in [1.807, 2.05) is 15.9 Å². The molecule has 2 N–H and O–H groups in total. The number of fused-ring (bicyclic) bond motifs is 1. The van der Waals surface area contributed by atoms with Crippen LogP contribution in [0.15, 0.2) is 35.4 Å². The van der Waals surface area contributed by atoms with Gasteiger partial charge in [-0.05, 0) is 31.2 Å². The maximum Gasteiger partial charge on any atom is 0.299 e. The summed E-state index contributed by atoms with van der Waals surface area (Å²) in [4.78, 5) is 70.7.